The second kappa shape index (κ2) is 8.78. The Morgan fingerprint density at radius 2 is 1.94 bits per heavy atom. The summed E-state index contributed by atoms with van der Waals surface area (Å²) in [6.07, 6.45) is 1.98. The zero-order chi connectivity index (χ0) is 22.8. The molecule has 31 heavy (non-hydrogen) atoms. The number of fused-ring (bicyclic) bond motifs is 1. The molecule has 1 amide bonds. The predicted molar refractivity (Wildman–Crippen MR) is 121 cm³/mol. The lowest BCUT2D eigenvalue weighted by atomic mass is 9.89. The van der Waals surface area contributed by atoms with Crippen molar-refractivity contribution < 1.29 is 22.7 Å². The lowest BCUT2D eigenvalue weighted by molar-refractivity contribution is -0.123. The number of nitrogens with zero attached hydrogens (tertiary/aromatic N) is 1. The maximum atomic E-state index is 13.4. The molecule has 1 N–H and O–H groups in total. The zero-order valence-corrected chi connectivity index (χ0v) is 19.4. The molecule has 2 aromatic rings. The SMILES string of the molecule is CC[C@H](C(=O)N[C@@H]1CC(C)(C)Oc2ccc(OC)cc21)N(c1ccccc1)S(C)(=O)=O. The van der Waals surface area contributed by atoms with Gasteiger partial charge in [0, 0.05) is 12.0 Å². The number of hydrogen-bond acceptors (Lipinski definition) is 5. The van der Waals surface area contributed by atoms with E-state index in [-0.39, 0.29) is 11.9 Å². The molecule has 1 aliphatic heterocycles. The summed E-state index contributed by atoms with van der Waals surface area (Å²) in [6.45, 7) is 5.73. The van der Waals surface area contributed by atoms with E-state index in [1.165, 1.54) is 4.31 Å². The Labute approximate surface area is 184 Å². The number of rotatable bonds is 7. The number of nitrogens with one attached hydrogen (secondary N) is 1. The van der Waals surface area contributed by atoms with Crippen molar-refractivity contribution in [2.45, 2.75) is 51.3 Å². The maximum Gasteiger partial charge on any atom is 0.244 e. The Hall–Kier alpha value is -2.74. The van der Waals surface area contributed by atoms with Crippen molar-refractivity contribution in [3.05, 3.63) is 54.1 Å². The summed E-state index contributed by atoms with van der Waals surface area (Å²) in [5, 5.41) is 3.07. The largest absolute Gasteiger partial charge is 0.497 e. The van der Waals surface area contributed by atoms with E-state index in [0.29, 0.717) is 30.0 Å². The van der Waals surface area contributed by atoms with E-state index in [9.17, 15) is 13.2 Å². The first-order valence-electron chi connectivity index (χ1n) is 10.3. The van der Waals surface area contributed by atoms with Crippen molar-refractivity contribution in [1.29, 1.82) is 0 Å². The average Bonchev–Trinajstić information content (AvgIpc) is 2.70. The summed E-state index contributed by atoms with van der Waals surface area (Å²) in [4.78, 5) is 13.4. The Bertz CT molecular complexity index is 1040. The fourth-order valence-electron chi connectivity index (χ4n) is 3.99. The molecule has 168 valence electrons. The first kappa shape index (κ1) is 22.9. The highest BCUT2D eigenvalue weighted by molar-refractivity contribution is 7.92. The Kier molecular flexibility index (Phi) is 6.50. The van der Waals surface area contributed by atoms with Crippen LogP contribution in [0.25, 0.3) is 0 Å². The molecule has 7 nitrogen and oxygen atoms in total. The van der Waals surface area contributed by atoms with E-state index >= 15 is 0 Å². The van der Waals surface area contributed by atoms with E-state index in [1.54, 1.807) is 44.4 Å². The molecule has 2 atom stereocenters. The van der Waals surface area contributed by atoms with Gasteiger partial charge in [-0.3, -0.25) is 9.10 Å². The van der Waals surface area contributed by atoms with Crippen LogP contribution in [0.3, 0.4) is 0 Å². The van der Waals surface area contributed by atoms with Crippen molar-refractivity contribution in [3.8, 4) is 11.5 Å². The number of carbonyl (C=O) groups excluding carboxylic acids is 1. The maximum absolute atomic E-state index is 13.4. The van der Waals surface area contributed by atoms with Crippen LogP contribution in [-0.4, -0.2) is 39.3 Å². The van der Waals surface area contributed by atoms with Crippen molar-refractivity contribution in [2.75, 3.05) is 17.7 Å². The van der Waals surface area contributed by atoms with E-state index < -0.39 is 21.7 Å². The third-order valence-electron chi connectivity index (χ3n) is 5.33. The molecule has 2 aromatic carbocycles. The highest BCUT2D eigenvalue weighted by Crippen LogP contribution is 2.41. The van der Waals surface area contributed by atoms with Gasteiger partial charge in [-0.2, -0.15) is 0 Å². The quantitative estimate of drug-likeness (QED) is 0.702. The first-order valence-corrected chi connectivity index (χ1v) is 12.1. The van der Waals surface area contributed by atoms with Gasteiger partial charge < -0.3 is 14.8 Å². The highest BCUT2D eigenvalue weighted by Gasteiger charge is 2.38. The van der Waals surface area contributed by atoms with Crippen molar-refractivity contribution in [3.63, 3.8) is 0 Å². The molecule has 1 aliphatic rings. The van der Waals surface area contributed by atoms with Gasteiger partial charge >= 0.3 is 0 Å². The minimum absolute atomic E-state index is 0.325. The zero-order valence-electron chi connectivity index (χ0n) is 18.6. The smallest absolute Gasteiger partial charge is 0.244 e. The monoisotopic (exact) mass is 446 g/mol. The predicted octanol–water partition coefficient (Wildman–Crippen LogP) is 3.66. The molecule has 0 spiro atoms. The number of ether oxygens (including phenoxy) is 2. The number of sulfonamides is 1. The third kappa shape index (κ3) is 5.12. The summed E-state index contributed by atoms with van der Waals surface area (Å²) >= 11 is 0. The molecular weight excluding hydrogens is 416 g/mol. The van der Waals surface area contributed by atoms with Gasteiger partial charge in [0.15, 0.2) is 0 Å². The van der Waals surface area contributed by atoms with Crippen LogP contribution < -0.4 is 19.1 Å². The summed E-state index contributed by atoms with van der Waals surface area (Å²) in [5.74, 6) is 0.988. The number of hydrogen-bond donors (Lipinski definition) is 1. The van der Waals surface area contributed by atoms with Crippen LogP contribution in [0.15, 0.2) is 48.5 Å². The molecule has 0 aliphatic carbocycles. The number of amides is 1. The Balaban J connectivity index is 1.95. The third-order valence-corrected chi connectivity index (χ3v) is 6.51. The van der Waals surface area contributed by atoms with E-state index in [4.69, 9.17) is 9.47 Å². The number of carbonyl (C=O) groups is 1. The number of para-hydroxylation sites is 1. The molecule has 0 fully saturated rings. The number of benzene rings is 2. The number of anilines is 1. The average molecular weight is 447 g/mol. The van der Waals surface area contributed by atoms with E-state index in [2.05, 4.69) is 5.32 Å². The van der Waals surface area contributed by atoms with Gasteiger partial charge in [0.2, 0.25) is 15.9 Å². The van der Waals surface area contributed by atoms with Crippen molar-refractivity contribution >= 4 is 21.6 Å². The summed E-state index contributed by atoms with van der Waals surface area (Å²) < 4.78 is 37.9. The van der Waals surface area contributed by atoms with Crippen LogP contribution in [0.2, 0.25) is 0 Å². The summed E-state index contributed by atoms with van der Waals surface area (Å²) in [5.41, 5.74) is 0.783. The second-order valence-electron chi connectivity index (χ2n) is 8.35. The Morgan fingerprint density at radius 3 is 2.52 bits per heavy atom. The summed E-state index contributed by atoms with van der Waals surface area (Å²) in [7, 11) is -2.10. The van der Waals surface area contributed by atoms with Gasteiger partial charge in [-0.1, -0.05) is 25.1 Å². The molecule has 3 rings (SSSR count). The van der Waals surface area contributed by atoms with Gasteiger partial charge in [-0.25, -0.2) is 8.42 Å². The highest BCUT2D eigenvalue weighted by atomic mass is 32.2. The Morgan fingerprint density at radius 1 is 1.26 bits per heavy atom. The van der Waals surface area contributed by atoms with Crippen LogP contribution in [0.5, 0.6) is 11.5 Å². The molecule has 0 unspecified atom stereocenters. The van der Waals surface area contributed by atoms with Gasteiger partial charge in [-0.05, 0) is 50.6 Å². The molecule has 1 heterocycles. The van der Waals surface area contributed by atoms with Crippen LogP contribution in [-0.2, 0) is 14.8 Å². The van der Waals surface area contributed by atoms with Crippen LogP contribution >= 0.6 is 0 Å². The number of methoxy groups -OCH3 is 1. The molecule has 0 bridgehead atoms. The van der Waals surface area contributed by atoms with E-state index in [0.717, 1.165) is 11.8 Å². The first-order chi connectivity index (χ1) is 14.6. The standard InChI is InChI=1S/C23H30N2O5S/c1-6-20(25(31(5,27)28)16-10-8-7-9-11-16)22(26)24-19-15-23(2,3)30-21-13-12-17(29-4)14-18(19)21/h7-14,19-20H,6,15H2,1-5H3,(H,24,26)/t19-,20-/m1/s1. The second-order valence-corrected chi connectivity index (χ2v) is 10.2. The van der Waals surface area contributed by atoms with Crippen LogP contribution in [0, 0.1) is 0 Å². The topological polar surface area (TPSA) is 84.9 Å². The van der Waals surface area contributed by atoms with Gasteiger partial charge in [0.05, 0.1) is 25.1 Å². The van der Waals surface area contributed by atoms with E-state index in [1.807, 2.05) is 32.0 Å². The van der Waals surface area contributed by atoms with Gasteiger partial charge in [0.25, 0.3) is 0 Å². The molecule has 0 saturated carbocycles. The lowest BCUT2D eigenvalue weighted by Gasteiger charge is -2.39. The molecule has 8 heteroatoms. The van der Waals surface area contributed by atoms with Crippen LogP contribution in [0.4, 0.5) is 5.69 Å². The fourth-order valence-corrected chi connectivity index (χ4v) is 5.20. The molecule has 0 aromatic heterocycles. The molecule has 0 saturated heterocycles. The van der Waals surface area contributed by atoms with Gasteiger partial charge in [0.1, 0.15) is 23.1 Å². The van der Waals surface area contributed by atoms with Crippen molar-refractivity contribution in [2.24, 2.45) is 0 Å². The summed E-state index contributed by atoms with van der Waals surface area (Å²) in [6, 6.07) is 13.0. The minimum Gasteiger partial charge on any atom is -0.497 e. The van der Waals surface area contributed by atoms with Crippen molar-refractivity contribution in [1.82, 2.24) is 5.32 Å². The van der Waals surface area contributed by atoms with Gasteiger partial charge in [-0.15, -0.1) is 0 Å². The fraction of sp³-hybridized carbons (Fsp3) is 0.435. The van der Waals surface area contributed by atoms with Crippen LogP contribution in [0.1, 0.15) is 45.2 Å². The normalized spacial score (nSPS) is 18.3. The lowest BCUT2D eigenvalue weighted by Crippen LogP contribution is -2.51. The molecular formula is C23H30N2O5S. The minimum atomic E-state index is -3.68. The molecule has 0 radical (unpaired) electrons.